The lowest BCUT2D eigenvalue weighted by atomic mass is 9.94. The topological polar surface area (TPSA) is 207 Å². The molecular weight excluding hydrogens is 624 g/mol. The molecule has 2 rings (SSSR count). The minimum atomic E-state index is -0.907. The van der Waals surface area contributed by atoms with Gasteiger partial charge in [0.2, 0.25) is 35.4 Å². The minimum absolute atomic E-state index is 0.0402. The Morgan fingerprint density at radius 2 is 1.62 bits per heavy atom. The van der Waals surface area contributed by atoms with Crippen molar-refractivity contribution in [2.45, 2.75) is 85.4 Å². The van der Waals surface area contributed by atoms with Crippen LogP contribution in [-0.4, -0.2) is 90.3 Å². The van der Waals surface area contributed by atoms with Crippen LogP contribution >= 0.6 is 0 Å². The second kappa shape index (κ2) is 19.3. The number of rotatable bonds is 19. The van der Waals surface area contributed by atoms with Crippen molar-refractivity contribution in [3.05, 3.63) is 29.8 Å². The molecule has 7 amide bonds. The molecule has 15 nitrogen and oxygen atoms in total. The van der Waals surface area contributed by atoms with Gasteiger partial charge >= 0.3 is 6.09 Å². The summed E-state index contributed by atoms with van der Waals surface area (Å²) in [7, 11) is 1.44. The number of hydrogen-bond acceptors (Lipinski definition) is 9. The normalized spacial score (nSPS) is 15.7. The van der Waals surface area contributed by atoms with Gasteiger partial charge in [-0.05, 0) is 49.3 Å². The summed E-state index contributed by atoms with van der Waals surface area (Å²) in [4.78, 5) is 88.3. The Morgan fingerprint density at radius 3 is 2.21 bits per heavy atom. The largest absolute Gasteiger partial charge is 0.444 e. The van der Waals surface area contributed by atoms with Gasteiger partial charge in [-0.1, -0.05) is 46.2 Å². The molecular formula is C33H50N6O9. The summed E-state index contributed by atoms with van der Waals surface area (Å²) in [6.45, 7) is 8.79. The molecule has 1 unspecified atom stereocenters. The Morgan fingerprint density at radius 1 is 0.958 bits per heavy atom. The van der Waals surface area contributed by atoms with Crippen LogP contribution in [0.2, 0.25) is 0 Å². The first kappa shape index (κ1) is 39.6. The lowest BCUT2D eigenvalue weighted by Gasteiger charge is -2.24. The van der Waals surface area contributed by atoms with Gasteiger partial charge in [0.25, 0.3) is 0 Å². The van der Waals surface area contributed by atoms with Crippen molar-refractivity contribution >= 4 is 47.2 Å². The van der Waals surface area contributed by atoms with Crippen LogP contribution in [0.5, 0.6) is 0 Å². The van der Waals surface area contributed by atoms with E-state index in [4.69, 9.17) is 15.2 Å². The zero-order chi connectivity index (χ0) is 36.0. The monoisotopic (exact) mass is 674 g/mol. The summed E-state index contributed by atoms with van der Waals surface area (Å²) in [5.74, 6) is -2.57. The maximum atomic E-state index is 13.0. The average molecular weight is 675 g/mol. The fraction of sp³-hybridized carbons (Fsp3) is 0.606. The third-order valence-electron chi connectivity index (χ3n) is 7.81. The molecule has 15 heteroatoms. The molecule has 1 aromatic rings. The second-order valence-electron chi connectivity index (χ2n) is 12.7. The van der Waals surface area contributed by atoms with E-state index in [9.17, 15) is 33.6 Å². The van der Waals surface area contributed by atoms with E-state index in [0.29, 0.717) is 37.1 Å². The van der Waals surface area contributed by atoms with Crippen LogP contribution < -0.4 is 21.7 Å². The number of nitrogens with two attached hydrogens (primary N) is 1. The fourth-order valence-corrected chi connectivity index (χ4v) is 4.87. The average Bonchev–Trinajstić information content (AvgIpc) is 3.31. The molecule has 3 atom stereocenters. The van der Waals surface area contributed by atoms with Gasteiger partial charge in [0.05, 0.1) is 0 Å². The van der Waals surface area contributed by atoms with E-state index >= 15 is 0 Å². The first-order valence-electron chi connectivity index (χ1n) is 16.2. The molecule has 0 aromatic heterocycles. The number of imide groups is 1. The summed E-state index contributed by atoms with van der Waals surface area (Å²) in [6.07, 6.45) is 1.55. The lowest BCUT2D eigenvalue weighted by molar-refractivity contribution is -0.140. The molecule has 48 heavy (non-hydrogen) atoms. The number of nitrogens with zero attached hydrogens (tertiary/aromatic N) is 2. The maximum Gasteiger partial charge on any atom is 0.411 e. The predicted octanol–water partition coefficient (Wildman–Crippen LogP) is 1.89. The molecule has 0 spiro atoms. The Bertz CT molecular complexity index is 1300. The fourth-order valence-electron chi connectivity index (χ4n) is 4.87. The van der Waals surface area contributed by atoms with Gasteiger partial charge in [0.1, 0.15) is 32.0 Å². The van der Waals surface area contributed by atoms with Gasteiger partial charge in [0, 0.05) is 38.0 Å². The third kappa shape index (κ3) is 12.9. The second-order valence-corrected chi connectivity index (χ2v) is 12.7. The van der Waals surface area contributed by atoms with Crippen molar-refractivity contribution in [2.24, 2.45) is 23.5 Å². The number of benzene rings is 1. The smallest absolute Gasteiger partial charge is 0.411 e. The Balaban J connectivity index is 1.74. The van der Waals surface area contributed by atoms with Crippen molar-refractivity contribution in [3.8, 4) is 0 Å². The number of likely N-dealkylation sites (tertiary alicyclic amines) is 1. The summed E-state index contributed by atoms with van der Waals surface area (Å²) in [5, 5.41) is 8.13. The van der Waals surface area contributed by atoms with Crippen LogP contribution in [0.25, 0.3) is 0 Å². The van der Waals surface area contributed by atoms with Gasteiger partial charge < -0.3 is 31.2 Å². The highest BCUT2D eigenvalue weighted by Crippen LogP contribution is 2.26. The molecule has 1 heterocycles. The van der Waals surface area contributed by atoms with E-state index in [0.717, 1.165) is 4.90 Å². The molecule has 266 valence electrons. The number of hydrogen-bond donors (Lipinski definition) is 4. The zero-order valence-corrected chi connectivity index (χ0v) is 28.7. The predicted molar refractivity (Wildman–Crippen MR) is 176 cm³/mol. The van der Waals surface area contributed by atoms with Crippen LogP contribution in [0, 0.1) is 17.8 Å². The van der Waals surface area contributed by atoms with Crippen molar-refractivity contribution in [2.75, 3.05) is 32.2 Å². The summed E-state index contributed by atoms with van der Waals surface area (Å²) >= 11 is 0. The van der Waals surface area contributed by atoms with Gasteiger partial charge in [-0.2, -0.15) is 0 Å². The van der Waals surface area contributed by atoms with E-state index in [2.05, 4.69) is 16.0 Å². The lowest BCUT2D eigenvalue weighted by Crippen LogP contribution is -2.53. The van der Waals surface area contributed by atoms with E-state index < -0.39 is 35.9 Å². The molecule has 1 aromatic carbocycles. The van der Waals surface area contributed by atoms with Crippen LogP contribution in [0.15, 0.2) is 24.3 Å². The Hall–Kier alpha value is -4.53. The standard InChI is InChI=1S/C33H50N6O9/c1-20(2)25-16-28(42)39(32(25)45)15-9-7-8-10-27(41)37-29(21(3)4)31(44)35-22(5)30(43)36-24-13-11-23(12-14-24)17-48-33(46)38(6)19-47-18-26(34)40/h11-14,20-22,25,29H,7-10,15-19H2,1-6H3,(H2,34,40)(H,35,44)(H,36,43)(H,37,41)/t22-,25?,29-/m0/s1. The number of carbonyl (C=O) groups excluding carboxylic acids is 7. The summed E-state index contributed by atoms with van der Waals surface area (Å²) in [5.41, 5.74) is 6.10. The van der Waals surface area contributed by atoms with E-state index in [1.165, 1.54) is 18.9 Å². The molecule has 0 bridgehead atoms. The molecule has 5 N–H and O–H groups in total. The number of anilines is 1. The van der Waals surface area contributed by atoms with Gasteiger partial charge in [-0.15, -0.1) is 0 Å². The first-order chi connectivity index (χ1) is 22.6. The summed E-state index contributed by atoms with van der Waals surface area (Å²) in [6, 6.07) is 4.80. The summed E-state index contributed by atoms with van der Waals surface area (Å²) < 4.78 is 10.2. The maximum absolute atomic E-state index is 13.0. The highest BCUT2D eigenvalue weighted by molar-refractivity contribution is 6.03. The molecule has 1 saturated heterocycles. The quantitative estimate of drug-likeness (QED) is 0.0959. The molecule has 1 aliphatic rings. The molecule has 0 aliphatic carbocycles. The number of nitrogens with one attached hydrogen (secondary N) is 3. The van der Waals surface area contributed by atoms with Crippen LogP contribution in [0.4, 0.5) is 10.5 Å². The highest BCUT2D eigenvalue weighted by Gasteiger charge is 2.39. The molecule has 0 radical (unpaired) electrons. The SMILES string of the molecule is CC(C)C1CC(=O)N(CCCCCC(=O)N[C@H](C(=O)N[C@@H](C)C(=O)Nc2ccc(COC(=O)N(C)COCC(N)=O)cc2)C(C)C)C1=O. The number of unbranched alkanes of at least 4 members (excludes halogenated alkanes) is 2. The number of primary amides is 1. The molecule has 1 aliphatic heterocycles. The van der Waals surface area contributed by atoms with Crippen LogP contribution in [0.3, 0.4) is 0 Å². The Labute approximate surface area is 281 Å². The Kier molecular flexibility index (Phi) is 16.0. The zero-order valence-electron chi connectivity index (χ0n) is 28.7. The van der Waals surface area contributed by atoms with Crippen molar-refractivity contribution in [3.63, 3.8) is 0 Å². The van der Waals surface area contributed by atoms with E-state index in [1.807, 2.05) is 13.8 Å². The van der Waals surface area contributed by atoms with Crippen LogP contribution in [-0.2, 0) is 44.8 Å². The van der Waals surface area contributed by atoms with E-state index in [1.54, 1.807) is 38.1 Å². The van der Waals surface area contributed by atoms with Crippen molar-refractivity contribution in [1.82, 2.24) is 20.4 Å². The highest BCUT2D eigenvalue weighted by atomic mass is 16.6. The number of carbonyl (C=O) groups is 7. The van der Waals surface area contributed by atoms with Crippen molar-refractivity contribution in [1.29, 1.82) is 0 Å². The van der Waals surface area contributed by atoms with Gasteiger partial charge in [-0.25, -0.2) is 4.79 Å². The third-order valence-corrected chi connectivity index (χ3v) is 7.81. The van der Waals surface area contributed by atoms with Crippen molar-refractivity contribution < 1.29 is 43.0 Å². The first-order valence-corrected chi connectivity index (χ1v) is 16.2. The van der Waals surface area contributed by atoms with E-state index in [-0.39, 0.29) is 68.3 Å². The van der Waals surface area contributed by atoms with Gasteiger partial charge in [-0.3, -0.25) is 38.6 Å². The molecule has 1 fully saturated rings. The van der Waals surface area contributed by atoms with Crippen LogP contribution in [0.1, 0.15) is 72.3 Å². The minimum Gasteiger partial charge on any atom is -0.444 e. The number of amides is 7. The molecule has 0 saturated carbocycles. The van der Waals surface area contributed by atoms with Gasteiger partial charge in [0.15, 0.2) is 0 Å². The number of ether oxygens (including phenoxy) is 2.